The Morgan fingerprint density at radius 2 is 1.88 bits per heavy atom. The van der Waals surface area contributed by atoms with Gasteiger partial charge in [0.2, 0.25) is 0 Å². The summed E-state index contributed by atoms with van der Waals surface area (Å²) in [4.78, 5) is 19.0. The van der Waals surface area contributed by atoms with Crippen LogP contribution in [0.3, 0.4) is 0 Å². The largest absolute Gasteiger partial charge is 0.513 e. The van der Waals surface area contributed by atoms with Gasteiger partial charge in [0.15, 0.2) is 0 Å². The molecular weight excluding hydrogens is 165 g/mol. The SMILES string of the molecule is CC(=O)OC(=O)O.[Zn]. The van der Waals surface area contributed by atoms with Crippen molar-refractivity contribution in [1.82, 2.24) is 0 Å². The van der Waals surface area contributed by atoms with Crippen molar-refractivity contribution in [1.29, 1.82) is 0 Å². The average Bonchev–Trinajstić information content (AvgIpc) is 1.27. The minimum Gasteiger partial charge on any atom is -0.449 e. The van der Waals surface area contributed by atoms with Crippen LogP contribution in [0.25, 0.3) is 0 Å². The Labute approximate surface area is 58.6 Å². The van der Waals surface area contributed by atoms with Gasteiger partial charge in [0.1, 0.15) is 0 Å². The first-order valence-electron chi connectivity index (χ1n) is 1.54. The molecule has 0 radical (unpaired) electrons. The van der Waals surface area contributed by atoms with Crippen molar-refractivity contribution >= 4 is 12.1 Å². The number of esters is 1. The summed E-state index contributed by atoms with van der Waals surface area (Å²) in [5, 5.41) is 7.64. The summed E-state index contributed by atoms with van der Waals surface area (Å²) in [6.07, 6.45) is -1.56. The maximum atomic E-state index is 9.65. The monoisotopic (exact) mass is 168 g/mol. The van der Waals surface area contributed by atoms with E-state index in [1.54, 1.807) is 0 Å². The normalized spacial score (nSPS) is 6.62. The zero-order valence-electron chi connectivity index (χ0n) is 4.38. The minimum absolute atomic E-state index is 0. The van der Waals surface area contributed by atoms with Crippen LogP contribution in [0.4, 0.5) is 4.79 Å². The molecule has 0 atom stereocenters. The van der Waals surface area contributed by atoms with Gasteiger partial charge < -0.3 is 9.84 Å². The van der Waals surface area contributed by atoms with Crippen LogP contribution in [0, 0.1) is 0 Å². The van der Waals surface area contributed by atoms with Crippen LogP contribution in [0.15, 0.2) is 0 Å². The van der Waals surface area contributed by atoms with Crippen molar-refractivity contribution in [3.63, 3.8) is 0 Å². The minimum atomic E-state index is -1.56. The summed E-state index contributed by atoms with van der Waals surface area (Å²) < 4.78 is 3.53. The number of hydrogen-bond acceptors (Lipinski definition) is 3. The second-order valence-corrected chi connectivity index (χ2v) is 0.860. The molecule has 0 aromatic rings. The van der Waals surface area contributed by atoms with E-state index in [9.17, 15) is 9.59 Å². The Bertz CT molecular complexity index is 87.5. The Morgan fingerprint density at radius 1 is 1.50 bits per heavy atom. The molecule has 0 spiro atoms. The van der Waals surface area contributed by atoms with Crippen LogP contribution < -0.4 is 0 Å². The summed E-state index contributed by atoms with van der Waals surface area (Å²) in [5.41, 5.74) is 0. The number of rotatable bonds is 0. The van der Waals surface area contributed by atoms with Gasteiger partial charge in [-0.3, -0.25) is 4.79 Å². The zero-order valence-corrected chi connectivity index (χ0v) is 7.35. The standard InChI is InChI=1S/C3H4O4.Zn/c1-2(4)7-3(5)6;/h1H3,(H,5,6);. The first kappa shape index (κ1) is 10.5. The molecular formula is C3H4O4Zn. The summed E-state index contributed by atoms with van der Waals surface area (Å²) in [7, 11) is 0. The van der Waals surface area contributed by atoms with Crippen molar-refractivity contribution in [2.75, 3.05) is 0 Å². The molecule has 42 valence electrons. The smallest absolute Gasteiger partial charge is 0.449 e. The molecule has 0 aromatic heterocycles. The third-order valence-corrected chi connectivity index (χ3v) is 0.231. The quantitative estimate of drug-likeness (QED) is 0.320. The van der Waals surface area contributed by atoms with Gasteiger partial charge in [-0.25, -0.2) is 4.79 Å². The maximum Gasteiger partial charge on any atom is 0.513 e. The van der Waals surface area contributed by atoms with Gasteiger partial charge in [0, 0.05) is 26.4 Å². The van der Waals surface area contributed by atoms with Gasteiger partial charge in [0.25, 0.3) is 0 Å². The molecule has 4 nitrogen and oxygen atoms in total. The van der Waals surface area contributed by atoms with Crippen molar-refractivity contribution in [2.45, 2.75) is 6.92 Å². The summed E-state index contributed by atoms with van der Waals surface area (Å²) in [6.45, 7) is 1.02. The summed E-state index contributed by atoms with van der Waals surface area (Å²) >= 11 is 0. The first-order valence-corrected chi connectivity index (χ1v) is 1.54. The average molecular weight is 169 g/mol. The van der Waals surface area contributed by atoms with E-state index < -0.39 is 12.1 Å². The number of carbonyl (C=O) groups excluding carboxylic acids is 1. The Balaban J connectivity index is 0. The molecule has 0 saturated carbocycles. The van der Waals surface area contributed by atoms with Gasteiger partial charge in [-0.2, -0.15) is 0 Å². The fourth-order valence-electron chi connectivity index (χ4n) is 0.123. The number of carboxylic acid groups (broad SMARTS) is 1. The van der Waals surface area contributed by atoms with E-state index in [-0.39, 0.29) is 19.5 Å². The Kier molecular flexibility index (Phi) is 6.21. The van der Waals surface area contributed by atoms with Crippen LogP contribution in [-0.2, 0) is 29.0 Å². The number of ether oxygens (including phenoxy) is 1. The van der Waals surface area contributed by atoms with Crippen LogP contribution in [0.5, 0.6) is 0 Å². The molecule has 0 amide bonds. The topological polar surface area (TPSA) is 63.6 Å². The molecule has 0 aliphatic carbocycles. The molecule has 0 aliphatic heterocycles. The maximum absolute atomic E-state index is 9.65. The van der Waals surface area contributed by atoms with Crippen molar-refractivity contribution in [3.8, 4) is 0 Å². The molecule has 0 fully saturated rings. The third-order valence-electron chi connectivity index (χ3n) is 0.231. The molecule has 1 N–H and O–H groups in total. The molecule has 0 unspecified atom stereocenters. The van der Waals surface area contributed by atoms with Crippen molar-refractivity contribution < 1.29 is 38.9 Å². The molecule has 0 saturated heterocycles. The molecule has 8 heavy (non-hydrogen) atoms. The van der Waals surface area contributed by atoms with Crippen molar-refractivity contribution in [3.05, 3.63) is 0 Å². The van der Waals surface area contributed by atoms with Crippen LogP contribution >= 0.6 is 0 Å². The van der Waals surface area contributed by atoms with E-state index in [2.05, 4.69) is 4.74 Å². The predicted octanol–water partition coefficient (Wildman–Crippen LogP) is 0.225. The van der Waals surface area contributed by atoms with Gasteiger partial charge in [-0.05, 0) is 0 Å². The molecule has 0 heterocycles. The van der Waals surface area contributed by atoms with E-state index in [0.717, 1.165) is 6.92 Å². The van der Waals surface area contributed by atoms with E-state index in [0.29, 0.717) is 0 Å². The molecule has 0 aliphatic rings. The second kappa shape index (κ2) is 4.72. The second-order valence-electron chi connectivity index (χ2n) is 0.860. The molecule has 5 heteroatoms. The van der Waals surface area contributed by atoms with Crippen LogP contribution in [-0.4, -0.2) is 17.2 Å². The first-order chi connectivity index (χ1) is 3.13. The van der Waals surface area contributed by atoms with Crippen LogP contribution in [0.2, 0.25) is 0 Å². The molecule has 0 aromatic carbocycles. The molecule has 0 rings (SSSR count). The third kappa shape index (κ3) is 9.12. The van der Waals surface area contributed by atoms with E-state index in [1.165, 1.54) is 0 Å². The zero-order chi connectivity index (χ0) is 5.86. The van der Waals surface area contributed by atoms with Gasteiger partial charge >= 0.3 is 12.1 Å². The van der Waals surface area contributed by atoms with E-state index in [4.69, 9.17) is 5.11 Å². The van der Waals surface area contributed by atoms with Gasteiger partial charge in [-0.1, -0.05) is 0 Å². The number of carbonyl (C=O) groups is 2. The van der Waals surface area contributed by atoms with Crippen molar-refractivity contribution in [2.24, 2.45) is 0 Å². The molecule has 0 bridgehead atoms. The number of hydrogen-bond donors (Lipinski definition) is 1. The van der Waals surface area contributed by atoms with E-state index in [1.807, 2.05) is 0 Å². The van der Waals surface area contributed by atoms with Gasteiger partial charge in [0.05, 0.1) is 0 Å². The van der Waals surface area contributed by atoms with Gasteiger partial charge in [-0.15, -0.1) is 0 Å². The Hall–Kier alpha value is -0.437. The van der Waals surface area contributed by atoms with E-state index >= 15 is 0 Å². The summed E-state index contributed by atoms with van der Waals surface area (Å²) in [6, 6.07) is 0. The fraction of sp³-hybridized carbons (Fsp3) is 0.333. The fourth-order valence-corrected chi connectivity index (χ4v) is 0.123. The predicted molar refractivity (Wildman–Crippen MR) is 19.8 cm³/mol. The van der Waals surface area contributed by atoms with Crippen LogP contribution in [0.1, 0.15) is 6.92 Å². The summed E-state index contributed by atoms with van der Waals surface area (Å²) in [5.74, 6) is -0.812. The Morgan fingerprint density at radius 3 is 1.88 bits per heavy atom.